The molecule has 0 saturated carbocycles. The van der Waals surface area contributed by atoms with Crippen molar-refractivity contribution in [1.82, 2.24) is 19.9 Å². The zero-order valence-electron chi connectivity index (χ0n) is 14.0. The molecular formula is C17H20ClFN4O2. The monoisotopic (exact) mass is 366 g/mol. The van der Waals surface area contributed by atoms with Crippen LogP contribution in [0.3, 0.4) is 0 Å². The molecule has 8 heteroatoms. The van der Waals surface area contributed by atoms with Gasteiger partial charge in [-0.25, -0.2) is 9.07 Å². The Balaban J connectivity index is 1.62. The number of hydrogen-bond donors (Lipinski definition) is 0. The number of methoxy groups -OCH3 is 1. The molecule has 1 amide bonds. The molecule has 0 atom stereocenters. The lowest BCUT2D eigenvalue weighted by atomic mass is 9.97. The average Bonchev–Trinajstić information content (AvgIpc) is 3.06. The third-order valence-corrected chi connectivity index (χ3v) is 4.76. The van der Waals surface area contributed by atoms with Gasteiger partial charge in [-0.1, -0.05) is 22.9 Å². The van der Waals surface area contributed by atoms with Gasteiger partial charge in [-0.05, 0) is 36.5 Å². The van der Waals surface area contributed by atoms with Gasteiger partial charge in [0.2, 0.25) is 0 Å². The highest BCUT2D eigenvalue weighted by atomic mass is 35.5. The van der Waals surface area contributed by atoms with E-state index in [1.54, 1.807) is 24.3 Å². The van der Waals surface area contributed by atoms with Crippen molar-refractivity contribution in [2.45, 2.75) is 19.4 Å². The Labute approximate surface area is 150 Å². The quantitative estimate of drug-likeness (QED) is 0.816. The highest BCUT2D eigenvalue weighted by Crippen LogP contribution is 2.20. The fourth-order valence-corrected chi connectivity index (χ4v) is 3.23. The first-order chi connectivity index (χ1) is 12.1. The molecule has 1 saturated heterocycles. The molecule has 3 rings (SSSR count). The van der Waals surface area contributed by atoms with E-state index in [1.165, 1.54) is 16.8 Å². The summed E-state index contributed by atoms with van der Waals surface area (Å²) in [6, 6.07) is 4.19. The maximum Gasteiger partial charge on any atom is 0.276 e. The molecule has 0 unspecified atom stereocenters. The molecule has 0 N–H and O–H groups in total. The molecule has 1 fully saturated rings. The molecule has 6 nitrogen and oxygen atoms in total. The number of piperidine rings is 1. The molecule has 1 aliphatic rings. The second kappa shape index (κ2) is 7.93. The van der Waals surface area contributed by atoms with Crippen LogP contribution in [-0.4, -0.2) is 52.6 Å². The molecule has 0 bridgehead atoms. The minimum atomic E-state index is -0.389. The standard InChI is InChI=1S/C17H20ClFN4O2/c1-25-11-12-4-6-22(7-5-12)17(24)16-10-23(21-20-16)9-13-2-3-14(19)8-15(13)18/h2-3,8,10,12H,4-7,9,11H2,1H3. The molecule has 0 spiro atoms. The van der Waals surface area contributed by atoms with E-state index >= 15 is 0 Å². The SMILES string of the molecule is COCC1CCN(C(=O)c2cn(Cc3ccc(F)cc3Cl)nn2)CC1. The van der Waals surface area contributed by atoms with Crippen molar-refractivity contribution in [3.8, 4) is 0 Å². The number of carbonyl (C=O) groups is 1. The van der Waals surface area contributed by atoms with Gasteiger partial charge >= 0.3 is 0 Å². The topological polar surface area (TPSA) is 60.2 Å². The number of carbonyl (C=O) groups excluding carboxylic acids is 1. The summed E-state index contributed by atoms with van der Waals surface area (Å²) in [4.78, 5) is 14.3. The van der Waals surface area contributed by atoms with E-state index in [1.807, 2.05) is 0 Å². The van der Waals surface area contributed by atoms with Crippen LogP contribution >= 0.6 is 11.6 Å². The van der Waals surface area contributed by atoms with Gasteiger partial charge in [-0.15, -0.1) is 5.10 Å². The minimum absolute atomic E-state index is 0.118. The van der Waals surface area contributed by atoms with Crippen LogP contribution in [0.25, 0.3) is 0 Å². The Hall–Kier alpha value is -1.99. The fraction of sp³-hybridized carbons (Fsp3) is 0.471. The van der Waals surface area contributed by atoms with Gasteiger partial charge < -0.3 is 9.64 Å². The fourth-order valence-electron chi connectivity index (χ4n) is 3.00. The lowest BCUT2D eigenvalue weighted by Crippen LogP contribution is -2.39. The van der Waals surface area contributed by atoms with Crippen molar-refractivity contribution in [3.63, 3.8) is 0 Å². The summed E-state index contributed by atoms with van der Waals surface area (Å²) in [5.41, 5.74) is 1.02. The second-order valence-electron chi connectivity index (χ2n) is 6.23. The highest BCUT2D eigenvalue weighted by Gasteiger charge is 2.25. The second-order valence-corrected chi connectivity index (χ2v) is 6.64. The first kappa shape index (κ1) is 17.8. The van der Waals surface area contributed by atoms with E-state index in [-0.39, 0.29) is 11.7 Å². The van der Waals surface area contributed by atoms with E-state index in [4.69, 9.17) is 16.3 Å². The third kappa shape index (κ3) is 4.35. The zero-order chi connectivity index (χ0) is 17.8. The van der Waals surface area contributed by atoms with Gasteiger partial charge in [-0.2, -0.15) is 0 Å². The number of likely N-dealkylation sites (tertiary alicyclic amines) is 1. The Kier molecular flexibility index (Phi) is 5.65. The van der Waals surface area contributed by atoms with Gasteiger partial charge in [0.25, 0.3) is 5.91 Å². The van der Waals surface area contributed by atoms with Gasteiger partial charge in [0.15, 0.2) is 5.69 Å². The molecule has 0 aliphatic carbocycles. The van der Waals surface area contributed by atoms with Gasteiger partial charge in [-0.3, -0.25) is 4.79 Å². The number of ether oxygens (including phenoxy) is 1. The molecule has 25 heavy (non-hydrogen) atoms. The number of rotatable bonds is 5. The Morgan fingerprint density at radius 2 is 2.16 bits per heavy atom. The van der Waals surface area contributed by atoms with Crippen LogP contribution in [0.5, 0.6) is 0 Å². The van der Waals surface area contributed by atoms with Crippen molar-refractivity contribution < 1.29 is 13.9 Å². The van der Waals surface area contributed by atoms with Crippen molar-refractivity contribution >= 4 is 17.5 Å². The first-order valence-electron chi connectivity index (χ1n) is 8.19. The summed E-state index contributed by atoms with van der Waals surface area (Å²) in [5.74, 6) is -0.00208. The van der Waals surface area contributed by atoms with E-state index in [0.29, 0.717) is 41.8 Å². The Bertz CT molecular complexity index is 744. The summed E-state index contributed by atoms with van der Waals surface area (Å²) >= 11 is 6.02. The van der Waals surface area contributed by atoms with Gasteiger partial charge in [0.1, 0.15) is 5.82 Å². The number of nitrogens with zero attached hydrogens (tertiary/aromatic N) is 4. The van der Waals surface area contributed by atoms with Crippen molar-refractivity contribution in [1.29, 1.82) is 0 Å². The molecule has 2 aromatic rings. The maximum absolute atomic E-state index is 13.1. The van der Waals surface area contributed by atoms with Gasteiger partial charge in [0.05, 0.1) is 12.7 Å². The lowest BCUT2D eigenvalue weighted by Gasteiger charge is -2.31. The smallest absolute Gasteiger partial charge is 0.276 e. The minimum Gasteiger partial charge on any atom is -0.384 e. The van der Waals surface area contributed by atoms with E-state index < -0.39 is 0 Å². The summed E-state index contributed by atoms with van der Waals surface area (Å²) < 4.78 is 19.8. The largest absolute Gasteiger partial charge is 0.384 e. The molecule has 1 aromatic heterocycles. The van der Waals surface area contributed by atoms with Crippen LogP contribution in [-0.2, 0) is 11.3 Å². The van der Waals surface area contributed by atoms with Crippen LogP contribution in [0, 0.1) is 11.7 Å². The predicted octanol–water partition coefficient (Wildman–Crippen LogP) is 2.62. The van der Waals surface area contributed by atoms with E-state index in [2.05, 4.69) is 10.3 Å². The van der Waals surface area contributed by atoms with Crippen LogP contribution in [0.1, 0.15) is 28.9 Å². The number of halogens is 2. The Morgan fingerprint density at radius 1 is 1.40 bits per heavy atom. The Morgan fingerprint density at radius 3 is 2.84 bits per heavy atom. The van der Waals surface area contributed by atoms with E-state index in [0.717, 1.165) is 19.4 Å². The number of hydrogen-bond acceptors (Lipinski definition) is 4. The average molecular weight is 367 g/mol. The summed E-state index contributed by atoms with van der Waals surface area (Å²) in [6.07, 6.45) is 3.46. The third-order valence-electron chi connectivity index (χ3n) is 4.41. The summed E-state index contributed by atoms with van der Waals surface area (Å²) in [5, 5.41) is 8.27. The molecule has 1 aromatic carbocycles. The lowest BCUT2D eigenvalue weighted by molar-refractivity contribution is 0.0608. The molecule has 1 aliphatic heterocycles. The first-order valence-corrected chi connectivity index (χ1v) is 8.57. The van der Waals surface area contributed by atoms with Crippen LogP contribution in [0.4, 0.5) is 4.39 Å². The number of amides is 1. The normalized spacial score (nSPS) is 15.6. The van der Waals surface area contributed by atoms with Gasteiger partial charge in [0, 0.05) is 31.8 Å². The van der Waals surface area contributed by atoms with Crippen LogP contribution in [0.2, 0.25) is 5.02 Å². The molecule has 0 radical (unpaired) electrons. The van der Waals surface area contributed by atoms with Crippen molar-refractivity contribution in [3.05, 3.63) is 46.5 Å². The molecule has 134 valence electrons. The zero-order valence-corrected chi connectivity index (χ0v) is 14.7. The van der Waals surface area contributed by atoms with Crippen molar-refractivity contribution in [2.24, 2.45) is 5.92 Å². The number of aromatic nitrogens is 3. The van der Waals surface area contributed by atoms with Crippen LogP contribution < -0.4 is 0 Å². The predicted molar refractivity (Wildman–Crippen MR) is 91.0 cm³/mol. The maximum atomic E-state index is 13.1. The summed E-state index contributed by atoms with van der Waals surface area (Å²) in [7, 11) is 1.70. The summed E-state index contributed by atoms with van der Waals surface area (Å²) in [6.45, 7) is 2.46. The van der Waals surface area contributed by atoms with E-state index in [9.17, 15) is 9.18 Å². The number of benzene rings is 1. The molecular weight excluding hydrogens is 347 g/mol. The van der Waals surface area contributed by atoms with Crippen molar-refractivity contribution in [2.75, 3.05) is 26.8 Å². The van der Waals surface area contributed by atoms with Crippen LogP contribution in [0.15, 0.2) is 24.4 Å². The highest BCUT2D eigenvalue weighted by molar-refractivity contribution is 6.31. The molecule has 2 heterocycles.